The molecule has 0 spiro atoms. The quantitative estimate of drug-likeness (QED) is 0.262. The normalized spacial score (nSPS) is 16.0. The van der Waals surface area contributed by atoms with Gasteiger partial charge in [-0.3, -0.25) is 29.4 Å². The highest BCUT2D eigenvalue weighted by molar-refractivity contribution is 5.97. The van der Waals surface area contributed by atoms with E-state index in [1.807, 2.05) is 55.6 Å². The molecule has 3 amide bonds. The molecule has 8 heteroatoms. The SMILES string of the molecule is CN1Cc2c(c3ccccc3n2Cc2cccc(/C=C/C(=O)NO)c2)C(C(=O)N(C)C=O)C1. The van der Waals surface area contributed by atoms with Crippen LogP contribution < -0.4 is 5.48 Å². The van der Waals surface area contributed by atoms with E-state index < -0.39 is 11.8 Å². The van der Waals surface area contributed by atoms with E-state index in [4.69, 9.17) is 5.21 Å². The van der Waals surface area contributed by atoms with Gasteiger partial charge in [0.25, 0.3) is 5.91 Å². The van der Waals surface area contributed by atoms with Crippen molar-refractivity contribution in [3.8, 4) is 0 Å². The summed E-state index contributed by atoms with van der Waals surface area (Å²) in [5, 5.41) is 9.70. The van der Waals surface area contributed by atoms with E-state index in [0.717, 1.165) is 38.2 Å². The Bertz CT molecular complexity index is 1250. The van der Waals surface area contributed by atoms with Crippen molar-refractivity contribution in [1.29, 1.82) is 0 Å². The molecule has 1 aliphatic rings. The Kier molecular flexibility index (Phi) is 6.39. The number of amides is 3. The fraction of sp³-hybridized carbons (Fsp3) is 0.240. The summed E-state index contributed by atoms with van der Waals surface area (Å²) in [5.74, 6) is -1.23. The van der Waals surface area contributed by atoms with Crippen LogP contribution in [0.3, 0.4) is 0 Å². The van der Waals surface area contributed by atoms with Crippen LogP contribution in [0.1, 0.15) is 28.3 Å². The van der Waals surface area contributed by atoms with Gasteiger partial charge < -0.3 is 4.57 Å². The fourth-order valence-corrected chi connectivity index (χ4v) is 4.53. The van der Waals surface area contributed by atoms with Crippen molar-refractivity contribution in [3.05, 3.63) is 77.0 Å². The molecule has 1 aromatic heterocycles. The molecule has 2 aromatic carbocycles. The maximum atomic E-state index is 13.0. The molecule has 2 heterocycles. The smallest absolute Gasteiger partial charge is 0.267 e. The fourth-order valence-electron chi connectivity index (χ4n) is 4.53. The minimum Gasteiger partial charge on any atom is -0.339 e. The summed E-state index contributed by atoms with van der Waals surface area (Å²) < 4.78 is 2.23. The highest BCUT2D eigenvalue weighted by Gasteiger charge is 2.35. The van der Waals surface area contributed by atoms with Gasteiger partial charge in [0.2, 0.25) is 12.3 Å². The zero-order valence-electron chi connectivity index (χ0n) is 18.6. The van der Waals surface area contributed by atoms with Gasteiger partial charge in [0.15, 0.2) is 0 Å². The maximum Gasteiger partial charge on any atom is 0.267 e. The Balaban J connectivity index is 1.79. The number of para-hydroxylation sites is 1. The summed E-state index contributed by atoms with van der Waals surface area (Å²) in [6.07, 6.45) is 3.46. The number of likely N-dealkylation sites (N-methyl/N-ethyl adjacent to an activating group) is 2. The molecule has 0 aliphatic carbocycles. The summed E-state index contributed by atoms with van der Waals surface area (Å²) >= 11 is 0. The number of nitrogens with one attached hydrogen (secondary N) is 1. The van der Waals surface area contributed by atoms with E-state index in [9.17, 15) is 14.4 Å². The zero-order valence-corrected chi connectivity index (χ0v) is 18.6. The van der Waals surface area contributed by atoms with Crippen LogP contribution in [0.15, 0.2) is 54.6 Å². The molecule has 0 saturated heterocycles. The average Bonchev–Trinajstić information content (AvgIpc) is 3.14. The van der Waals surface area contributed by atoms with Gasteiger partial charge in [-0.2, -0.15) is 0 Å². The Morgan fingerprint density at radius 1 is 1.21 bits per heavy atom. The number of aromatic nitrogens is 1. The van der Waals surface area contributed by atoms with Crippen LogP contribution in [0, 0.1) is 0 Å². The number of hydrogen-bond donors (Lipinski definition) is 2. The molecule has 170 valence electrons. The number of nitrogens with zero attached hydrogens (tertiary/aromatic N) is 3. The van der Waals surface area contributed by atoms with Gasteiger partial charge in [0.1, 0.15) is 0 Å². The molecular formula is C25H26N4O4. The van der Waals surface area contributed by atoms with Crippen LogP contribution in [-0.2, 0) is 27.5 Å². The van der Waals surface area contributed by atoms with E-state index >= 15 is 0 Å². The first-order valence-electron chi connectivity index (χ1n) is 10.6. The first kappa shape index (κ1) is 22.4. The van der Waals surface area contributed by atoms with Crippen LogP contribution in [-0.4, -0.2) is 58.4 Å². The molecule has 0 radical (unpaired) electrons. The van der Waals surface area contributed by atoms with Crippen molar-refractivity contribution in [2.45, 2.75) is 19.0 Å². The van der Waals surface area contributed by atoms with Gasteiger partial charge in [-0.1, -0.05) is 36.4 Å². The summed E-state index contributed by atoms with van der Waals surface area (Å²) in [5.41, 5.74) is 6.52. The van der Waals surface area contributed by atoms with Crippen LogP contribution >= 0.6 is 0 Å². The monoisotopic (exact) mass is 446 g/mol. The Labute approximate surface area is 191 Å². The van der Waals surface area contributed by atoms with Crippen LogP contribution in [0.25, 0.3) is 17.0 Å². The number of imide groups is 1. The molecule has 0 saturated carbocycles. The number of carbonyl (C=O) groups excluding carboxylic acids is 3. The third-order valence-corrected chi connectivity index (χ3v) is 6.02. The first-order chi connectivity index (χ1) is 15.9. The molecular weight excluding hydrogens is 420 g/mol. The van der Waals surface area contributed by atoms with Crippen molar-refractivity contribution in [2.75, 3.05) is 20.6 Å². The summed E-state index contributed by atoms with van der Waals surface area (Å²) in [4.78, 5) is 38.9. The Morgan fingerprint density at radius 2 is 2.00 bits per heavy atom. The highest BCUT2D eigenvalue weighted by atomic mass is 16.5. The van der Waals surface area contributed by atoms with Gasteiger partial charge in [-0.25, -0.2) is 5.48 Å². The minimum atomic E-state index is -0.593. The number of hydrogen-bond acceptors (Lipinski definition) is 5. The molecule has 33 heavy (non-hydrogen) atoms. The largest absolute Gasteiger partial charge is 0.339 e. The third kappa shape index (κ3) is 4.44. The number of carbonyl (C=O) groups is 3. The van der Waals surface area contributed by atoms with E-state index in [2.05, 4.69) is 9.47 Å². The molecule has 4 rings (SSSR count). The summed E-state index contributed by atoms with van der Waals surface area (Å²) in [6, 6.07) is 15.8. The number of benzene rings is 2. The lowest BCUT2D eigenvalue weighted by molar-refractivity contribution is -0.138. The standard InChI is InChI=1S/C25H26N4O4/c1-27-14-20(25(32)28(2)16-30)24-19-8-3-4-9-21(19)29(22(24)15-27)13-18-7-5-6-17(12-18)10-11-23(31)26-33/h3-12,16,20,33H,13-15H2,1-2H3,(H,26,31)/b11-10+. The second-order valence-electron chi connectivity index (χ2n) is 8.32. The molecule has 0 fully saturated rings. The predicted octanol–water partition coefficient (Wildman–Crippen LogP) is 2.35. The van der Waals surface area contributed by atoms with Crippen molar-refractivity contribution >= 4 is 35.2 Å². The van der Waals surface area contributed by atoms with Crippen LogP contribution in [0.2, 0.25) is 0 Å². The van der Waals surface area contributed by atoms with Gasteiger partial charge in [-0.15, -0.1) is 0 Å². The second-order valence-corrected chi connectivity index (χ2v) is 8.32. The Hall–Kier alpha value is -3.75. The van der Waals surface area contributed by atoms with E-state index in [0.29, 0.717) is 26.0 Å². The van der Waals surface area contributed by atoms with Crippen LogP contribution in [0.4, 0.5) is 0 Å². The highest BCUT2D eigenvalue weighted by Crippen LogP contribution is 2.38. The van der Waals surface area contributed by atoms with Gasteiger partial charge in [0.05, 0.1) is 5.92 Å². The van der Waals surface area contributed by atoms with Crippen molar-refractivity contribution in [3.63, 3.8) is 0 Å². The van der Waals surface area contributed by atoms with E-state index in [1.54, 1.807) is 11.6 Å². The topological polar surface area (TPSA) is 94.9 Å². The zero-order chi connectivity index (χ0) is 23.5. The molecule has 1 atom stereocenters. The van der Waals surface area contributed by atoms with Gasteiger partial charge >= 0.3 is 0 Å². The van der Waals surface area contributed by atoms with E-state index in [1.165, 1.54) is 13.1 Å². The molecule has 1 unspecified atom stereocenters. The lowest BCUT2D eigenvalue weighted by Gasteiger charge is -2.31. The lowest BCUT2D eigenvalue weighted by atomic mass is 9.91. The molecule has 2 N–H and O–H groups in total. The predicted molar refractivity (Wildman–Crippen MR) is 124 cm³/mol. The maximum absolute atomic E-state index is 13.0. The summed E-state index contributed by atoms with van der Waals surface area (Å²) in [6.45, 7) is 1.82. The molecule has 1 aliphatic heterocycles. The first-order valence-corrected chi connectivity index (χ1v) is 10.6. The third-order valence-electron chi connectivity index (χ3n) is 6.02. The molecule has 0 bridgehead atoms. The average molecular weight is 447 g/mol. The number of hydroxylamine groups is 1. The van der Waals surface area contributed by atoms with E-state index in [-0.39, 0.29) is 5.91 Å². The molecule has 3 aromatic rings. The molecule has 8 nitrogen and oxygen atoms in total. The Morgan fingerprint density at radius 3 is 2.76 bits per heavy atom. The minimum absolute atomic E-state index is 0.213. The number of fused-ring (bicyclic) bond motifs is 3. The lowest BCUT2D eigenvalue weighted by Crippen LogP contribution is -2.40. The van der Waals surface area contributed by atoms with Crippen molar-refractivity contribution in [2.24, 2.45) is 0 Å². The van der Waals surface area contributed by atoms with Crippen molar-refractivity contribution < 1.29 is 19.6 Å². The number of rotatable bonds is 6. The van der Waals surface area contributed by atoms with Gasteiger partial charge in [-0.05, 0) is 41.9 Å². The van der Waals surface area contributed by atoms with Crippen LogP contribution in [0.5, 0.6) is 0 Å². The summed E-state index contributed by atoms with van der Waals surface area (Å²) in [7, 11) is 3.47. The second kappa shape index (κ2) is 9.40. The van der Waals surface area contributed by atoms with Gasteiger partial charge in [0, 0.05) is 49.4 Å². The van der Waals surface area contributed by atoms with Crippen molar-refractivity contribution in [1.82, 2.24) is 19.8 Å².